The summed E-state index contributed by atoms with van der Waals surface area (Å²) in [6, 6.07) is 0. The van der Waals surface area contributed by atoms with E-state index in [0.29, 0.717) is 18.4 Å². The van der Waals surface area contributed by atoms with Crippen LogP contribution in [0.2, 0.25) is 0 Å². The Bertz CT molecular complexity index is 149. The van der Waals surface area contributed by atoms with Crippen LogP contribution in [0.1, 0.15) is 20.3 Å². The van der Waals surface area contributed by atoms with Gasteiger partial charge in [0.2, 0.25) is 0 Å². The molecule has 3 nitrogen and oxygen atoms in total. The average molecular weight is 188 g/mol. The third-order valence-electron chi connectivity index (χ3n) is 2.87. The van der Waals surface area contributed by atoms with Crippen molar-refractivity contribution in [3.05, 3.63) is 0 Å². The highest BCUT2D eigenvalue weighted by molar-refractivity contribution is 4.76. The fourth-order valence-corrected chi connectivity index (χ4v) is 1.83. The van der Waals surface area contributed by atoms with Crippen LogP contribution in [0.15, 0.2) is 0 Å². The zero-order valence-corrected chi connectivity index (χ0v) is 8.95. The molecule has 0 saturated carbocycles. The molecule has 78 valence electrons. The van der Waals surface area contributed by atoms with Gasteiger partial charge in [-0.25, -0.2) is 0 Å². The lowest BCUT2D eigenvalue weighted by Crippen LogP contribution is -2.41. The van der Waals surface area contributed by atoms with E-state index in [4.69, 9.17) is 14.2 Å². The van der Waals surface area contributed by atoms with Gasteiger partial charge in [0.05, 0.1) is 12.7 Å². The molecular weight excluding hydrogens is 168 g/mol. The molecule has 0 N–H and O–H groups in total. The van der Waals surface area contributed by atoms with Gasteiger partial charge in [-0.3, -0.25) is 0 Å². The molecule has 0 aromatic rings. The molecule has 0 bridgehead atoms. The van der Waals surface area contributed by atoms with E-state index in [-0.39, 0.29) is 12.4 Å². The first-order valence-corrected chi connectivity index (χ1v) is 4.86. The van der Waals surface area contributed by atoms with Crippen molar-refractivity contribution in [3.63, 3.8) is 0 Å². The summed E-state index contributed by atoms with van der Waals surface area (Å²) in [5, 5.41) is 0. The van der Waals surface area contributed by atoms with E-state index < -0.39 is 0 Å². The Balaban J connectivity index is 2.47. The predicted octanol–water partition coefficient (Wildman–Crippen LogP) is 1.67. The minimum absolute atomic E-state index is 0.0658. The van der Waals surface area contributed by atoms with Crippen LogP contribution in [0.5, 0.6) is 0 Å². The van der Waals surface area contributed by atoms with Crippen molar-refractivity contribution in [2.45, 2.75) is 32.7 Å². The summed E-state index contributed by atoms with van der Waals surface area (Å²) in [6.45, 7) is 5.07. The first kappa shape index (κ1) is 11.0. The minimum atomic E-state index is -0.0658. The Labute approximate surface area is 80.4 Å². The zero-order valence-electron chi connectivity index (χ0n) is 8.95. The molecule has 4 atom stereocenters. The molecular formula is C10H20O3. The molecule has 0 radical (unpaired) electrons. The van der Waals surface area contributed by atoms with Gasteiger partial charge in [-0.1, -0.05) is 13.8 Å². The van der Waals surface area contributed by atoms with Gasteiger partial charge >= 0.3 is 0 Å². The lowest BCUT2D eigenvalue weighted by Gasteiger charge is -2.37. The maximum atomic E-state index is 5.71. The van der Waals surface area contributed by atoms with Crippen LogP contribution in [-0.2, 0) is 14.2 Å². The molecule has 13 heavy (non-hydrogen) atoms. The number of hydrogen-bond donors (Lipinski definition) is 0. The molecule has 1 saturated heterocycles. The van der Waals surface area contributed by atoms with Crippen LogP contribution in [-0.4, -0.2) is 33.2 Å². The number of methoxy groups -OCH3 is 2. The Kier molecular flexibility index (Phi) is 4.16. The highest BCUT2D eigenvalue weighted by Crippen LogP contribution is 2.30. The summed E-state index contributed by atoms with van der Waals surface area (Å²) in [6.07, 6.45) is 1.19. The van der Waals surface area contributed by atoms with Gasteiger partial charge in [0.1, 0.15) is 0 Å². The molecule has 0 spiro atoms. The van der Waals surface area contributed by atoms with Gasteiger partial charge in [-0.2, -0.15) is 0 Å². The van der Waals surface area contributed by atoms with Crippen LogP contribution >= 0.6 is 0 Å². The van der Waals surface area contributed by atoms with Crippen LogP contribution in [0.3, 0.4) is 0 Å². The number of hydrogen-bond acceptors (Lipinski definition) is 3. The predicted molar refractivity (Wildman–Crippen MR) is 50.5 cm³/mol. The van der Waals surface area contributed by atoms with Crippen molar-refractivity contribution < 1.29 is 14.2 Å². The van der Waals surface area contributed by atoms with Crippen molar-refractivity contribution in [1.82, 2.24) is 0 Å². The van der Waals surface area contributed by atoms with Gasteiger partial charge < -0.3 is 14.2 Å². The Hall–Kier alpha value is -0.120. The van der Waals surface area contributed by atoms with E-state index >= 15 is 0 Å². The largest absolute Gasteiger partial charge is 0.382 e. The second kappa shape index (κ2) is 4.94. The van der Waals surface area contributed by atoms with Gasteiger partial charge in [-0.15, -0.1) is 0 Å². The summed E-state index contributed by atoms with van der Waals surface area (Å²) in [4.78, 5) is 0. The number of ether oxygens (including phenoxy) is 3. The van der Waals surface area contributed by atoms with E-state index in [1.165, 1.54) is 0 Å². The molecule has 0 aliphatic carbocycles. The fourth-order valence-electron chi connectivity index (χ4n) is 1.83. The van der Waals surface area contributed by atoms with Gasteiger partial charge in [-0.05, 0) is 12.3 Å². The molecule has 1 fully saturated rings. The quantitative estimate of drug-likeness (QED) is 0.674. The lowest BCUT2D eigenvalue weighted by molar-refractivity contribution is -0.227. The zero-order chi connectivity index (χ0) is 9.84. The highest BCUT2D eigenvalue weighted by Gasteiger charge is 2.33. The normalized spacial score (nSPS) is 40.6. The summed E-state index contributed by atoms with van der Waals surface area (Å²) < 4.78 is 16.1. The first-order valence-electron chi connectivity index (χ1n) is 4.86. The van der Waals surface area contributed by atoms with Crippen molar-refractivity contribution in [3.8, 4) is 0 Å². The molecule has 1 rings (SSSR count). The molecule has 1 aliphatic heterocycles. The smallest absolute Gasteiger partial charge is 0.160 e. The monoisotopic (exact) mass is 188 g/mol. The average Bonchev–Trinajstić information content (AvgIpc) is 2.11. The third kappa shape index (κ3) is 2.66. The molecule has 0 amide bonds. The van der Waals surface area contributed by atoms with E-state index in [9.17, 15) is 0 Å². The summed E-state index contributed by atoms with van der Waals surface area (Å²) in [5.74, 6) is 1.11. The second-order valence-electron chi connectivity index (χ2n) is 3.89. The number of rotatable bonds is 3. The topological polar surface area (TPSA) is 27.7 Å². The van der Waals surface area contributed by atoms with Crippen LogP contribution in [0.25, 0.3) is 0 Å². The van der Waals surface area contributed by atoms with E-state index in [1.54, 1.807) is 14.2 Å². The maximum Gasteiger partial charge on any atom is 0.160 e. The summed E-state index contributed by atoms with van der Waals surface area (Å²) in [5.41, 5.74) is 0. The Morgan fingerprint density at radius 1 is 1.31 bits per heavy atom. The van der Waals surface area contributed by atoms with Crippen molar-refractivity contribution in [2.24, 2.45) is 11.8 Å². The van der Waals surface area contributed by atoms with Crippen LogP contribution in [0, 0.1) is 11.8 Å². The lowest BCUT2D eigenvalue weighted by atomic mass is 9.87. The molecule has 1 aliphatic rings. The van der Waals surface area contributed by atoms with Crippen LogP contribution in [0.4, 0.5) is 0 Å². The van der Waals surface area contributed by atoms with Crippen LogP contribution < -0.4 is 0 Å². The summed E-state index contributed by atoms with van der Waals surface area (Å²) >= 11 is 0. The maximum absolute atomic E-state index is 5.71. The highest BCUT2D eigenvalue weighted by atomic mass is 16.7. The molecule has 1 heterocycles. The van der Waals surface area contributed by atoms with E-state index in [2.05, 4.69) is 13.8 Å². The molecule has 3 heteroatoms. The van der Waals surface area contributed by atoms with Crippen molar-refractivity contribution in [2.75, 3.05) is 20.8 Å². The van der Waals surface area contributed by atoms with Gasteiger partial charge in [0.25, 0.3) is 0 Å². The molecule has 3 unspecified atom stereocenters. The van der Waals surface area contributed by atoms with Crippen molar-refractivity contribution in [1.29, 1.82) is 0 Å². The van der Waals surface area contributed by atoms with Crippen molar-refractivity contribution >= 4 is 0 Å². The van der Waals surface area contributed by atoms with E-state index in [0.717, 1.165) is 6.42 Å². The summed E-state index contributed by atoms with van der Waals surface area (Å²) in [7, 11) is 3.40. The SMILES string of the molecule is COCC1CC(C)C(C)[C@H](OC)O1. The molecule has 0 aromatic carbocycles. The van der Waals surface area contributed by atoms with Gasteiger partial charge in [0.15, 0.2) is 6.29 Å². The standard InChI is InChI=1S/C10H20O3/c1-7-5-9(6-11-3)13-10(12-4)8(7)2/h7-10H,5-6H2,1-4H3/t7?,8?,9?,10-/m1/s1. The molecule has 0 aromatic heterocycles. The third-order valence-corrected chi connectivity index (χ3v) is 2.87. The van der Waals surface area contributed by atoms with Gasteiger partial charge in [0, 0.05) is 20.1 Å². The Morgan fingerprint density at radius 2 is 2.00 bits per heavy atom. The first-order chi connectivity index (χ1) is 6.19. The minimum Gasteiger partial charge on any atom is -0.382 e. The van der Waals surface area contributed by atoms with E-state index in [1.807, 2.05) is 0 Å². The Morgan fingerprint density at radius 3 is 2.54 bits per heavy atom. The fraction of sp³-hybridized carbons (Fsp3) is 1.00. The second-order valence-corrected chi connectivity index (χ2v) is 3.89.